The lowest BCUT2D eigenvalue weighted by molar-refractivity contribution is 0.148. The van der Waals surface area contributed by atoms with Crippen molar-refractivity contribution in [1.29, 1.82) is 0 Å². The molecule has 1 N–H and O–H groups in total. The molecular weight excluding hydrogens is 206 g/mol. The van der Waals surface area contributed by atoms with E-state index in [0.717, 1.165) is 6.42 Å². The summed E-state index contributed by atoms with van der Waals surface area (Å²) in [5.74, 6) is 1.09. The zero-order valence-corrected chi connectivity index (χ0v) is 9.48. The maximum absolute atomic E-state index is 5.33. The molecule has 0 amide bonds. The van der Waals surface area contributed by atoms with Crippen LogP contribution in [0.25, 0.3) is 0 Å². The Morgan fingerprint density at radius 3 is 3.12 bits per heavy atom. The van der Waals surface area contributed by atoms with E-state index in [1.54, 1.807) is 19.4 Å². The number of hydrogen-bond acceptors (Lipinski definition) is 5. The molecule has 0 atom stereocenters. The van der Waals surface area contributed by atoms with Gasteiger partial charge in [0.25, 0.3) is 0 Å². The van der Waals surface area contributed by atoms with Crippen LogP contribution < -0.4 is 10.1 Å². The van der Waals surface area contributed by atoms with Crippen LogP contribution >= 0.6 is 0 Å². The molecule has 0 radical (unpaired) electrons. The van der Waals surface area contributed by atoms with E-state index in [-0.39, 0.29) is 0 Å². The Morgan fingerprint density at radius 2 is 2.38 bits per heavy atom. The molecular formula is C11H17N3O2. The first kappa shape index (κ1) is 12.4. The summed E-state index contributed by atoms with van der Waals surface area (Å²) < 4.78 is 10.3. The van der Waals surface area contributed by atoms with Crippen LogP contribution in [0, 0.1) is 0 Å². The summed E-state index contributed by atoms with van der Waals surface area (Å²) >= 11 is 0. The van der Waals surface area contributed by atoms with Crippen LogP contribution in [0.2, 0.25) is 0 Å². The van der Waals surface area contributed by atoms with Gasteiger partial charge in [0.05, 0.1) is 20.3 Å². The highest BCUT2D eigenvalue weighted by Crippen LogP contribution is 2.06. The number of aromatic nitrogens is 2. The molecule has 0 aliphatic carbocycles. The quantitative estimate of drug-likeness (QED) is 0.534. The van der Waals surface area contributed by atoms with Gasteiger partial charge in [0.15, 0.2) is 0 Å². The average molecular weight is 223 g/mol. The Hall–Kier alpha value is -1.62. The van der Waals surface area contributed by atoms with Crippen LogP contribution in [0.4, 0.5) is 5.95 Å². The van der Waals surface area contributed by atoms with Crippen molar-refractivity contribution in [1.82, 2.24) is 9.97 Å². The predicted octanol–water partition coefficient (Wildman–Crippen LogP) is 1.49. The van der Waals surface area contributed by atoms with Gasteiger partial charge in [-0.2, -0.15) is 4.98 Å². The number of methoxy groups -OCH3 is 1. The lowest BCUT2D eigenvalue weighted by atomic mass is 10.4. The molecule has 0 bridgehead atoms. The maximum Gasteiger partial charge on any atom is 0.226 e. The number of anilines is 1. The lowest BCUT2D eigenvalue weighted by Crippen LogP contribution is -2.12. The van der Waals surface area contributed by atoms with Crippen molar-refractivity contribution >= 4 is 5.95 Å². The van der Waals surface area contributed by atoms with Crippen molar-refractivity contribution in [2.45, 2.75) is 6.42 Å². The number of rotatable bonds is 8. The minimum absolute atomic E-state index is 0.546. The fourth-order valence-corrected chi connectivity index (χ4v) is 1.04. The van der Waals surface area contributed by atoms with Gasteiger partial charge in [-0.25, -0.2) is 4.98 Å². The third-order valence-corrected chi connectivity index (χ3v) is 1.83. The molecule has 0 fully saturated rings. The largest absolute Gasteiger partial charge is 0.481 e. The third-order valence-electron chi connectivity index (χ3n) is 1.83. The summed E-state index contributed by atoms with van der Waals surface area (Å²) in [6.07, 6.45) is 4.35. The number of nitrogens with one attached hydrogen (secondary N) is 1. The van der Waals surface area contributed by atoms with E-state index in [2.05, 4.69) is 21.9 Å². The highest BCUT2D eigenvalue weighted by molar-refractivity contribution is 5.26. The van der Waals surface area contributed by atoms with Crippen molar-refractivity contribution in [3.8, 4) is 5.88 Å². The molecule has 1 aromatic heterocycles. The van der Waals surface area contributed by atoms with Crippen molar-refractivity contribution in [2.24, 2.45) is 0 Å². The fraction of sp³-hybridized carbons (Fsp3) is 0.455. The molecule has 1 heterocycles. The zero-order valence-electron chi connectivity index (χ0n) is 9.48. The Kier molecular flexibility index (Phi) is 5.95. The third kappa shape index (κ3) is 4.75. The molecule has 0 aromatic carbocycles. The summed E-state index contributed by atoms with van der Waals surface area (Å²) in [6, 6.07) is 1.70. The van der Waals surface area contributed by atoms with Gasteiger partial charge in [-0.3, -0.25) is 0 Å². The molecule has 0 unspecified atom stereocenters. The minimum Gasteiger partial charge on any atom is -0.481 e. The Bertz CT molecular complexity index is 318. The van der Waals surface area contributed by atoms with Crippen molar-refractivity contribution in [3.05, 3.63) is 24.9 Å². The fourth-order valence-electron chi connectivity index (χ4n) is 1.04. The van der Waals surface area contributed by atoms with E-state index in [1.807, 2.05) is 6.08 Å². The highest BCUT2D eigenvalue weighted by atomic mass is 16.5. The zero-order chi connectivity index (χ0) is 11.6. The van der Waals surface area contributed by atoms with E-state index in [0.29, 0.717) is 31.6 Å². The van der Waals surface area contributed by atoms with Crippen LogP contribution in [0.3, 0.4) is 0 Å². The number of ether oxygens (including phenoxy) is 2. The molecule has 0 aliphatic rings. The van der Waals surface area contributed by atoms with Gasteiger partial charge in [0.2, 0.25) is 11.8 Å². The lowest BCUT2D eigenvalue weighted by Gasteiger charge is -2.06. The molecule has 0 aliphatic heterocycles. The summed E-state index contributed by atoms with van der Waals surface area (Å²) in [5, 5.41) is 3.04. The van der Waals surface area contributed by atoms with Crippen molar-refractivity contribution < 1.29 is 9.47 Å². The molecule has 1 rings (SSSR count). The van der Waals surface area contributed by atoms with Gasteiger partial charge in [-0.05, 0) is 6.42 Å². The van der Waals surface area contributed by atoms with Gasteiger partial charge < -0.3 is 14.8 Å². The second kappa shape index (κ2) is 7.64. The second-order valence-electron chi connectivity index (χ2n) is 3.04. The topological polar surface area (TPSA) is 56.3 Å². The predicted molar refractivity (Wildman–Crippen MR) is 62.7 cm³/mol. The van der Waals surface area contributed by atoms with Gasteiger partial charge in [-0.15, -0.1) is 6.58 Å². The minimum atomic E-state index is 0.546. The molecule has 0 saturated carbocycles. The second-order valence-corrected chi connectivity index (χ2v) is 3.04. The summed E-state index contributed by atoms with van der Waals surface area (Å²) in [7, 11) is 1.57. The molecule has 0 spiro atoms. The Labute approximate surface area is 95.5 Å². The van der Waals surface area contributed by atoms with E-state index >= 15 is 0 Å². The van der Waals surface area contributed by atoms with E-state index in [1.165, 1.54) is 0 Å². The Morgan fingerprint density at radius 1 is 1.50 bits per heavy atom. The van der Waals surface area contributed by atoms with E-state index < -0.39 is 0 Å². The van der Waals surface area contributed by atoms with Gasteiger partial charge in [0, 0.05) is 18.8 Å². The van der Waals surface area contributed by atoms with Gasteiger partial charge in [-0.1, -0.05) is 6.08 Å². The van der Waals surface area contributed by atoms with Crippen molar-refractivity contribution in [3.63, 3.8) is 0 Å². The maximum atomic E-state index is 5.33. The molecule has 88 valence electrons. The molecule has 16 heavy (non-hydrogen) atoms. The first-order valence-electron chi connectivity index (χ1n) is 5.16. The van der Waals surface area contributed by atoms with Crippen LogP contribution in [-0.4, -0.2) is 36.8 Å². The summed E-state index contributed by atoms with van der Waals surface area (Å²) in [6.45, 7) is 5.60. The molecule has 5 heteroatoms. The monoisotopic (exact) mass is 223 g/mol. The summed E-state index contributed by atoms with van der Waals surface area (Å²) in [5.41, 5.74) is 0. The number of hydrogen-bond donors (Lipinski definition) is 1. The molecule has 5 nitrogen and oxygen atoms in total. The number of nitrogens with zero attached hydrogens (tertiary/aromatic N) is 2. The van der Waals surface area contributed by atoms with Crippen LogP contribution in [0.1, 0.15) is 6.42 Å². The first-order valence-corrected chi connectivity index (χ1v) is 5.16. The van der Waals surface area contributed by atoms with Gasteiger partial charge in [0.1, 0.15) is 0 Å². The van der Waals surface area contributed by atoms with E-state index in [9.17, 15) is 0 Å². The average Bonchev–Trinajstić information content (AvgIpc) is 2.34. The first-order chi connectivity index (χ1) is 7.86. The summed E-state index contributed by atoms with van der Waals surface area (Å²) in [4.78, 5) is 8.16. The SMILES string of the molecule is C=CCCOCCNc1nccc(OC)n1. The highest BCUT2D eigenvalue weighted by Gasteiger charge is 1.97. The Balaban J connectivity index is 2.18. The van der Waals surface area contributed by atoms with Crippen LogP contribution in [0.15, 0.2) is 24.9 Å². The van der Waals surface area contributed by atoms with E-state index in [4.69, 9.17) is 9.47 Å². The normalized spacial score (nSPS) is 9.81. The molecule has 1 aromatic rings. The van der Waals surface area contributed by atoms with Gasteiger partial charge >= 0.3 is 0 Å². The van der Waals surface area contributed by atoms with Crippen LogP contribution in [-0.2, 0) is 4.74 Å². The smallest absolute Gasteiger partial charge is 0.226 e. The van der Waals surface area contributed by atoms with Crippen LogP contribution in [0.5, 0.6) is 5.88 Å². The standard InChI is InChI=1S/C11H17N3O2/c1-3-4-8-16-9-7-13-11-12-6-5-10(14-11)15-2/h3,5-6H,1,4,7-9H2,2H3,(H,12,13,14). The molecule has 0 saturated heterocycles. The van der Waals surface area contributed by atoms with Crippen molar-refractivity contribution in [2.75, 3.05) is 32.2 Å².